The first-order valence-corrected chi connectivity index (χ1v) is 7.91. The number of hydrogen-bond acceptors (Lipinski definition) is 6. The normalized spacial score (nSPS) is 12.6. The van der Waals surface area contributed by atoms with Crippen molar-refractivity contribution in [1.29, 1.82) is 0 Å². The Balaban J connectivity index is 2.32. The number of carboxylic acid groups (broad SMARTS) is 1. The number of aliphatic hydroxyl groups excluding tert-OH is 1. The Labute approximate surface area is 130 Å². The Kier molecular flexibility index (Phi) is 5.56. The molecule has 0 fully saturated rings. The molecule has 0 aliphatic carbocycles. The monoisotopic (exact) mass is 326 g/mol. The van der Waals surface area contributed by atoms with Gasteiger partial charge in [0, 0.05) is 0 Å². The van der Waals surface area contributed by atoms with Gasteiger partial charge in [0.2, 0.25) is 0 Å². The SMILES string of the molecule is CCCCC(Sc1nc2c(cnn2CCO)c(=O)[nH]1)C(=O)O. The van der Waals surface area contributed by atoms with E-state index < -0.39 is 11.2 Å². The second kappa shape index (κ2) is 7.41. The van der Waals surface area contributed by atoms with Gasteiger partial charge in [0.15, 0.2) is 10.8 Å². The molecular formula is C13H18N4O4S. The molecule has 2 aromatic heterocycles. The minimum Gasteiger partial charge on any atom is -0.480 e. The Morgan fingerprint density at radius 2 is 2.32 bits per heavy atom. The number of hydrogen-bond donors (Lipinski definition) is 3. The van der Waals surface area contributed by atoms with Crippen molar-refractivity contribution in [2.75, 3.05) is 6.61 Å². The van der Waals surface area contributed by atoms with E-state index in [-0.39, 0.29) is 23.9 Å². The van der Waals surface area contributed by atoms with Crippen LogP contribution in [0.2, 0.25) is 0 Å². The third kappa shape index (κ3) is 3.66. The van der Waals surface area contributed by atoms with E-state index in [1.54, 1.807) is 0 Å². The first-order chi connectivity index (χ1) is 10.6. The van der Waals surface area contributed by atoms with Crippen molar-refractivity contribution in [2.45, 2.75) is 43.1 Å². The lowest BCUT2D eigenvalue weighted by Crippen LogP contribution is -2.18. The van der Waals surface area contributed by atoms with Gasteiger partial charge in [0.05, 0.1) is 19.3 Å². The van der Waals surface area contributed by atoms with E-state index in [0.29, 0.717) is 17.5 Å². The molecule has 0 amide bonds. The molecule has 2 rings (SSSR count). The lowest BCUT2D eigenvalue weighted by molar-refractivity contribution is -0.136. The smallest absolute Gasteiger partial charge is 0.317 e. The average molecular weight is 326 g/mol. The number of carboxylic acids is 1. The van der Waals surface area contributed by atoms with E-state index in [4.69, 9.17) is 5.11 Å². The van der Waals surface area contributed by atoms with Gasteiger partial charge < -0.3 is 15.2 Å². The second-order valence-corrected chi connectivity index (χ2v) is 5.98. The van der Waals surface area contributed by atoms with Gasteiger partial charge in [-0.25, -0.2) is 9.67 Å². The van der Waals surface area contributed by atoms with Crippen LogP contribution in [0.4, 0.5) is 0 Å². The molecule has 1 atom stereocenters. The Bertz CT molecular complexity index is 712. The summed E-state index contributed by atoms with van der Waals surface area (Å²) in [4.78, 5) is 30.2. The highest BCUT2D eigenvalue weighted by Crippen LogP contribution is 2.24. The average Bonchev–Trinajstić information content (AvgIpc) is 2.87. The summed E-state index contributed by atoms with van der Waals surface area (Å²) in [5, 5.41) is 22.2. The van der Waals surface area contributed by atoms with Gasteiger partial charge >= 0.3 is 5.97 Å². The summed E-state index contributed by atoms with van der Waals surface area (Å²) in [6.07, 6.45) is 3.58. The fourth-order valence-corrected chi connectivity index (χ4v) is 2.96. The van der Waals surface area contributed by atoms with Crippen molar-refractivity contribution in [3.63, 3.8) is 0 Å². The molecule has 120 valence electrons. The molecule has 3 N–H and O–H groups in total. The van der Waals surface area contributed by atoms with Crippen LogP contribution in [0, 0.1) is 0 Å². The van der Waals surface area contributed by atoms with Gasteiger partial charge in [-0.1, -0.05) is 31.5 Å². The quantitative estimate of drug-likeness (QED) is 0.485. The highest BCUT2D eigenvalue weighted by Gasteiger charge is 2.20. The van der Waals surface area contributed by atoms with Crippen LogP contribution < -0.4 is 5.56 Å². The van der Waals surface area contributed by atoms with Crippen LogP contribution in [0.5, 0.6) is 0 Å². The first-order valence-electron chi connectivity index (χ1n) is 7.03. The summed E-state index contributed by atoms with van der Waals surface area (Å²) in [5.41, 5.74) is -0.0174. The molecule has 8 nitrogen and oxygen atoms in total. The summed E-state index contributed by atoms with van der Waals surface area (Å²) in [6.45, 7) is 2.09. The summed E-state index contributed by atoms with van der Waals surface area (Å²) in [6, 6.07) is 0. The zero-order valence-electron chi connectivity index (χ0n) is 12.2. The molecule has 9 heteroatoms. The van der Waals surface area contributed by atoms with Crippen LogP contribution in [0.1, 0.15) is 26.2 Å². The van der Waals surface area contributed by atoms with Gasteiger partial charge in [-0.05, 0) is 6.42 Å². The summed E-state index contributed by atoms with van der Waals surface area (Å²) in [5.74, 6) is -0.926. The Morgan fingerprint density at radius 3 is 2.95 bits per heavy atom. The maximum atomic E-state index is 12.0. The van der Waals surface area contributed by atoms with Crippen LogP contribution in [-0.2, 0) is 11.3 Å². The van der Waals surface area contributed by atoms with Crippen molar-refractivity contribution in [3.8, 4) is 0 Å². The van der Waals surface area contributed by atoms with E-state index in [1.165, 1.54) is 10.9 Å². The highest BCUT2D eigenvalue weighted by molar-refractivity contribution is 8.00. The minimum atomic E-state index is -0.926. The molecule has 0 saturated carbocycles. The number of unbranched alkanes of at least 4 members (excludes halogenated alkanes) is 1. The topological polar surface area (TPSA) is 121 Å². The van der Waals surface area contributed by atoms with E-state index >= 15 is 0 Å². The van der Waals surface area contributed by atoms with Crippen molar-refractivity contribution < 1.29 is 15.0 Å². The highest BCUT2D eigenvalue weighted by atomic mass is 32.2. The minimum absolute atomic E-state index is 0.123. The van der Waals surface area contributed by atoms with Crippen molar-refractivity contribution in [3.05, 3.63) is 16.6 Å². The van der Waals surface area contributed by atoms with Crippen LogP contribution in [0.3, 0.4) is 0 Å². The molecule has 0 aromatic carbocycles. The van der Waals surface area contributed by atoms with Gasteiger partial charge in [-0.2, -0.15) is 5.10 Å². The van der Waals surface area contributed by atoms with Crippen LogP contribution in [0.25, 0.3) is 11.0 Å². The van der Waals surface area contributed by atoms with Crippen LogP contribution in [0.15, 0.2) is 16.1 Å². The molecule has 2 heterocycles. The molecule has 22 heavy (non-hydrogen) atoms. The van der Waals surface area contributed by atoms with E-state index in [2.05, 4.69) is 15.1 Å². The van der Waals surface area contributed by atoms with E-state index in [1.807, 2.05) is 6.92 Å². The van der Waals surface area contributed by atoms with Gasteiger partial charge in [0.25, 0.3) is 5.56 Å². The maximum Gasteiger partial charge on any atom is 0.317 e. The Hall–Kier alpha value is -1.87. The van der Waals surface area contributed by atoms with Gasteiger partial charge in [0.1, 0.15) is 10.6 Å². The fraction of sp³-hybridized carbons (Fsp3) is 0.538. The summed E-state index contributed by atoms with van der Waals surface area (Å²) < 4.78 is 1.43. The predicted molar refractivity (Wildman–Crippen MR) is 82.0 cm³/mol. The molecule has 0 aliphatic heterocycles. The maximum absolute atomic E-state index is 12.0. The molecule has 0 radical (unpaired) electrons. The number of aliphatic hydroxyl groups is 1. The van der Waals surface area contributed by atoms with Crippen molar-refractivity contribution in [2.24, 2.45) is 0 Å². The summed E-state index contributed by atoms with van der Waals surface area (Å²) in [7, 11) is 0. The molecule has 1 unspecified atom stereocenters. The number of aromatic amines is 1. The number of H-pyrrole nitrogens is 1. The third-order valence-electron chi connectivity index (χ3n) is 3.15. The predicted octanol–water partition coefficient (Wildman–Crippen LogP) is 0.847. The second-order valence-electron chi connectivity index (χ2n) is 4.79. The first kappa shape index (κ1) is 16.5. The van der Waals surface area contributed by atoms with E-state index in [9.17, 15) is 14.7 Å². The van der Waals surface area contributed by atoms with E-state index in [0.717, 1.165) is 24.6 Å². The van der Waals surface area contributed by atoms with Gasteiger partial charge in [-0.3, -0.25) is 9.59 Å². The fourth-order valence-electron chi connectivity index (χ4n) is 2.02. The van der Waals surface area contributed by atoms with Crippen molar-refractivity contribution in [1.82, 2.24) is 19.7 Å². The molecule has 2 aromatic rings. The zero-order chi connectivity index (χ0) is 16.1. The molecule has 0 aliphatic rings. The number of thioether (sulfide) groups is 1. The van der Waals surface area contributed by atoms with Crippen LogP contribution >= 0.6 is 11.8 Å². The third-order valence-corrected chi connectivity index (χ3v) is 4.28. The number of nitrogens with one attached hydrogen (secondary N) is 1. The molecule has 0 saturated heterocycles. The molecular weight excluding hydrogens is 308 g/mol. The summed E-state index contributed by atoms with van der Waals surface area (Å²) >= 11 is 1.03. The largest absolute Gasteiger partial charge is 0.480 e. The molecule has 0 spiro atoms. The number of carbonyl (C=O) groups is 1. The number of aromatic nitrogens is 4. The zero-order valence-corrected chi connectivity index (χ0v) is 13.0. The van der Waals surface area contributed by atoms with Crippen molar-refractivity contribution >= 4 is 28.8 Å². The number of fused-ring (bicyclic) bond motifs is 1. The Morgan fingerprint density at radius 1 is 1.55 bits per heavy atom. The number of aliphatic carboxylic acids is 1. The van der Waals surface area contributed by atoms with Gasteiger partial charge in [-0.15, -0.1) is 0 Å². The standard InChI is InChI=1S/C13H18N4O4S/c1-2-3-4-9(12(20)21)22-13-15-10-8(11(19)16-13)7-14-17(10)5-6-18/h7,9,18H,2-6H2,1H3,(H,20,21)(H,15,16,19). The number of rotatable bonds is 8. The number of nitrogens with zero attached hydrogens (tertiary/aromatic N) is 3. The lowest BCUT2D eigenvalue weighted by Gasteiger charge is -2.10. The van der Waals surface area contributed by atoms with Crippen LogP contribution in [-0.4, -0.2) is 47.8 Å². The molecule has 0 bridgehead atoms. The lowest BCUT2D eigenvalue weighted by atomic mass is 10.2.